The summed E-state index contributed by atoms with van der Waals surface area (Å²) < 4.78 is 0. The lowest BCUT2D eigenvalue weighted by Gasteiger charge is -2.15. The van der Waals surface area contributed by atoms with E-state index in [2.05, 4.69) is 48.7 Å². The highest BCUT2D eigenvalue weighted by molar-refractivity contribution is 5.87. The van der Waals surface area contributed by atoms with Crippen molar-refractivity contribution in [3.05, 3.63) is 65.2 Å². The zero-order valence-corrected chi connectivity index (χ0v) is 12.4. The molecule has 0 saturated heterocycles. The van der Waals surface area contributed by atoms with Crippen molar-refractivity contribution in [1.29, 1.82) is 0 Å². The Balaban J connectivity index is 1.93. The smallest absolute Gasteiger partial charge is 0.316 e. The molecule has 1 atom stereocenters. The molecule has 2 aromatic rings. The number of nitrogens with two attached hydrogens (primary N) is 1. The number of aryl methyl sites for hydroxylation is 1. The van der Waals surface area contributed by atoms with Gasteiger partial charge in [0, 0.05) is 18.3 Å². The molecule has 0 saturated carbocycles. The van der Waals surface area contributed by atoms with Crippen molar-refractivity contribution in [3.8, 4) is 0 Å². The molecule has 0 heterocycles. The predicted octanol–water partition coefficient (Wildman–Crippen LogP) is 3.34. The molecule has 0 aliphatic heterocycles. The van der Waals surface area contributed by atoms with Crippen LogP contribution in [0.3, 0.4) is 0 Å². The first kappa shape index (κ1) is 15.1. The van der Waals surface area contributed by atoms with E-state index in [-0.39, 0.29) is 6.04 Å². The zero-order chi connectivity index (χ0) is 15.2. The summed E-state index contributed by atoms with van der Waals surface area (Å²) >= 11 is 0. The second-order valence-corrected chi connectivity index (χ2v) is 5.20. The minimum Gasteiger partial charge on any atom is -0.351 e. The molecule has 4 nitrogen and oxygen atoms in total. The van der Waals surface area contributed by atoms with Crippen LogP contribution >= 0.6 is 0 Å². The minimum atomic E-state index is -0.548. The van der Waals surface area contributed by atoms with Crippen molar-refractivity contribution in [2.24, 2.45) is 5.73 Å². The van der Waals surface area contributed by atoms with Gasteiger partial charge in [-0.1, -0.05) is 42.0 Å². The number of primary amides is 1. The van der Waals surface area contributed by atoms with Gasteiger partial charge < -0.3 is 16.4 Å². The maximum absolute atomic E-state index is 10.8. The number of rotatable bonds is 5. The van der Waals surface area contributed by atoms with Crippen LogP contribution in [0.4, 0.5) is 10.5 Å². The van der Waals surface area contributed by atoms with Gasteiger partial charge in [0.15, 0.2) is 0 Å². The number of hydrogen-bond acceptors (Lipinski definition) is 2. The van der Waals surface area contributed by atoms with Crippen molar-refractivity contribution < 1.29 is 4.79 Å². The Morgan fingerprint density at radius 3 is 2.52 bits per heavy atom. The van der Waals surface area contributed by atoms with Crippen molar-refractivity contribution in [3.63, 3.8) is 0 Å². The molecular weight excluding hydrogens is 262 g/mol. The molecule has 110 valence electrons. The molecular formula is C17H21N3O. The van der Waals surface area contributed by atoms with Crippen LogP contribution in [0.1, 0.15) is 29.7 Å². The maximum atomic E-state index is 10.8. The van der Waals surface area contributed by atoms with Gasteiger partial charge >= 0.3 is 6.03 Å². The van der Waals surface area contributed by atoms with Crippen molar-refractivity contribution >= 4 is 11.7 Å². The highest BCUT2D eigenvalue weighted by atomic mass is 16.2. The number of anilines is 1. The molecule has 0 aliphatic rings. The first-order valence-corrected chi connectivity index (χ1v) is 7.00. The van der Waals surface area contributed by atoms with Crippen LogP contribution in [0.25, 0.3) is 0 Å². The van der Waals surface area contributed by atoms with Gasteiger partial charge in [-0.05, 0) is 37.1 Å². The van der Waals surface area contributed by atoms with Crippen LogP contribution in [-0.4, -0.2) is 6.03 Å². The highest BCUT2D eigenvalue weighted by Gasteiger charge is 2.05. The first-order valence-electron chi connectivity index (χ1n) is 7.00. The Morgan fingerprint density at radius 2 is 1.90 bits per heavy atom. The molecule has 2 amide bonds. The summed E-state index contributed by atoms with van der Waals surface area (Å²) in [5, 5.41) is 6.04. The molecule has 1 unspecified atom stereocenters. The molecule has 0 fully saturated rings. The van der Waals surface area contributed by atoms with Gasteiger partial charge in [0.2, 0.25) is 0 Å². The number of carbonyl (C=O) groups excluding carboxylic acids is 1. The lowest BCUT2D eigenvalue weighted by Crippen LogP contribution is -2.20. The standard InChI is InChI=1S/C17H21N3O/c1-12-4-3-5-14(10-12)11-19-13(2)15-6-8-16(9-7-15)20-17(18)21/h3-10,13,19H,11H2,1-2H3,(H3,18,20,21). The van der Waals surface area contributed by atoms with E-state index >= 15 is 0 Å². The average Bonchev–Trinajstić information content (AvgIpc) is 2.45. The molecule has 0 aliphatic carbocycles. The van der Waals surface area contributed by atoms with Crippen molar-refractivity contribution in [2.45, 2.75) is 26.4 Å². The van der Waals surface area contributed by atoms with E-state index in [0.717, 1.165) is 12.1 Å². The van der Waals surface area contributed by atoms with Crippen LogP contribution in [0, 0.1) is 6.92 Å². The Kier molecular flexibility index (Phi) is 4.95. The van der Waals surface area contributed by atoms with Crippen LogP contribution < -0.4 is 16.4 Å². The average molecular weight is 283 g/mol. The molecule has 4 heteroatoms. The Bertz CT molecular complexity index is 608. The summed E-state index contributed by atoms with van der Waals surface area (Å²) in [4.78, 5) is 10.8. The number of hydrogen-bond donors (Lipinski definition) is 3. The molecule has 0 radical (unpaired) electrons. The normalized spacial score (nSPS) is 11.9. The fraction of sp³-hybridized carbons (Fsp3) is 0.235. The molecule has 4 N–H and O–H groups in total. The number of nitrogens with one attached hydrogen (secondary N) is 2. The topological polar surface area (TPSA) is 67.2 Å². The second kappa shape index (κ2) is 6.90. The monoisotopic (exact) mass is 283 g/mol. The van der Waals surface area contributed by atoms with E-state index < -0.39 is 6.03 Å². The second-order valence-electron chi connectivity index (χ2n) is 5.20. The van der Waals surface area contributed by atoms with E-state index in [1.807, 2.05) is 24.3 Å². The molecule has 0 spiro atoms. The highest BCUT2D eigenvalue weighted by Crippen LogP contribution is 2.16. The lowest BCUT2D eigenvalue weighted by molar-refractivity contribution is 0.259. The van der Waals surface area contributed by atoms with Gasteiger partial charge in [0.25, 0.3) is 0 Å². The predicted molar refractivity (Wildman–Crippen MR) is 86.1 cm³/mol. The molecule has 21 heavy (non-hydrogen) atoms. The van der Waals surface area contributed by atoms with Gasteiger partial charge in [0.1, 0.15) is 0 Å². The van der Waals surface area contributed by atoms with Gasteiger partial charge in [-0.3, -0.25) is 0 Å². The lowest BCUT2D eigenvalue weighted by atomic mass is 10.1. The third-order valence-electron chi connectivity index (χ3n) is 3.37. The van der Waals surface area contributed by atoms with Gasteiger partial charge in [-0.15, -0.1) is 0 Å². The van der Waals surface area contributed by atoms with E-state index in [1.165, 1.54) is 11.1 Å². The molecule has 2 rings (SSSR count). The van der Waals surface area contributed by atoms with Crippen LogP contribution in [0.5, 0.6) is 0 Å². The van der Waals surface area contributed by atoms with Crippen LogP contribution in [0.15, 0.2) is 48.5 Å². The van der Waals surface area contributed by atoms with Crippen molar-refractivity contribution in [2.75, 3.05) is 5.32 Å². The largest absolute Gasteiger partial charge is 0.351 e. The fourth-order valence-corrected chi connectivity index (χ4v) is 2.21. The summed E-state index contributed by atoms with van der Waals surface area (Å²) in [6, 6.07) is 15.8. The first-order chi connectivity index (χ1) is 10.0. The summed E-state index contributed by atoms with van der Waals surface area (Å²) in [5.41, 5.74) is 9.49. The third kappa shape index (κ3) is 4.61. The summed E-state index contributed by atoms with van der Waals surface area (Å²) in [5.74, 6) is 0. The third-order valence-corrected chi connectivity index (χ3v) is 3.37. The Hall–Kier alpha value is -2.33. The summed E-state index contributed by atoms with van der Waals surface area (Å²) in [7, 11) is 0. The number of amides is 2. The number of urea groups is 1. The number of benzene rings is 2. The van der Waals surface area contributed by atoms with E-state index in [4.69, 9.17) is 5.73 Å². The fourth-order valence-electron chi connectivity index (χ4n) is 2.21. The zero-order valence-electron chi connectivity index (χ0n) is 12.4. The summed E-state index contributed by atoms with van der Waals surface area (Å²) in [6.07, 6.45) is 0. The van der Waals surface area contributed by atoms with Crippen molar-refractivity contribution in [1.82, 2.24) is 5.32 Å². The molecule has 0 bridgehead atoms. The van der Waals surface area contributed by atoms with Gasteiger partial charge in [-0.25, -0.2) is 4.79 Å². The SMILES string of the molecule is Cc1cccc(CNC(C)c2ccc(NC(N)=O)cc2)c1. The van der Waals surface area contributed by atoms with E-state index in [0.29, 0.717) is 5.69 Å². The molecule has 2 aromatic carbocycles. The van der Waals surface area contributed by atoms with Crippen LogP contribution in [-0.2, 0) is 6.54 Å². The maximum Gasteiger partial charge on any atom is 0.316 e. The van der Waals surface area contributed by atoms with Crippen LogP contribution in [0.2, 0.25) is 0 Å². The molecule has 0 aromatic heterocycles. The number of carbonyl (C=O) groups is 1. The Morgan fingerprint density at radius 1 is 1.19 bits per heavy atom. The van der Waals surface area contributed by atoms with Gasteiger partial charge in [-0.2, -0.15) is 0 Å². The quantitative estimate of drug-likeness (QED) is 0.788. The minimum absolute atomic E-state index is 0.230. The van der Waals surface area contributed by atoms with Gasteiger partial charge in [0.05, 0.1) is 0 Å². The van der Waals surface area contributed by atoms with E-state index in [9.17, 15) is 4.79 Å². The Labute approximate surface area is 125 Å². The summed E-state index contributed by atoms with van der Waals surface area (Å²) in [6.45, 7) is 5.04. The van der Waals surface area contributed by atoms with E-state index in [1.54, 1.807) is 0 Å².